The molecule has 0 aliphatic heterocycles. The Bertz CT molecular complexity index is 509. The van der Waals surface area contributed by atoms with Gasteiger partial charge in [-0.2, -0.15) is 0 Å². The van der Waals surface area contributed by atoms with Crippen molar-refractivity contribution in [3.63, 3.8) is 0 Å². The Morgan fingerprint density at radius 2 is 1.68 bits per heavy atom. The van der Waals surface area contributed by atoms with Crippen LogP contribution in [0.25, 0.3) is 0 Å². The fraction of sp³-hybridized carbons (Fsp3) is 0.471. The van der Waals surface area contributed by atoms with E-state index in [1.807, 2.05) is 30.3 Å². The van der Waals surface area contributed by atoms with E-state index in [0.29, 0.717) is 26.0 Å². The van der Waals surface area contributed by atoms with Crippen LogP contribution >= 0.6 is 0 Å². The highest BCUT2D eigenvalue weighted by atomic mass is 16.5. The monoisotopic (exact) mass is 352 g/mol. The first-order valence-corrected chi connectivity index (χ1v) is 8.02. The zero-order chi connectivity index (χ0) is 18.2. The molecule has 1 aromatic rings. The molecule has 25 heavy (non-hydrogen) atoms. The number of alkyl carbamates (subject to hydrolysis) is 1. The van der Waals surface area contributed by atoms with Crippen LogP contribution in [0.15, 0.2) is 30.3 Å². The summed E-state index contributed by atoms with van der Waals surface area (Å²) in [4.78, 5) is 32.9. The Morgan fingerprint density at radius 3 is 2.44 bits per heavy atom. The largest absolute Gasteiger partial charge is 0.445 e. The molecular formula is C17H24N2O6. The van der Waals surface area contributed by atoms with E-state index in [1.165, 1.54) is 0 Å². The first-order valence-electron chi connectivity index (χ1n) is 8.02. The van der Waals surface area contributed by atoms with Crippen molar-refractivity contribution in [2.75, 3.05) is 39.5 Å². The number of aldehydes is 1. The van der Waals surface area contributed by atoms with Gasteiger partial charge in [-0.3, -0.25) is 4.79 Å². The lowest BCUT2D eigenvalue weighted by Gasteiger charge is -2.08. The van der Waals surface area contributed by atoms with Crippen molar-refractivity contribution >= 4 is 18.3 Å². The summed E-state index contributed by atoms with van der Waals surface area (Å²) in [5.74, 6) is -0.162. The van der Waals surface area contributed by atoms with E-state index in [0.717, 1.165) is 5.56 Å². The van der Waals surface area contributed by atoms with Crippen molar-refractivity contribution in [3.05, 3.63) is 35.9 Å². The molecule has 2 N–H and O–H groups in total. The first kappa shape index (κ1) is 20.6. The molecule has 1 aromatic carbocycles. The van der Waals surface area contributed by atoms with Gasteiger partial charge in [-0.05, 0) is 5.56 Å². The van der Waals surface area contributed by atoms with Gasteiger partial charge in [0.1, 0.15) is 19.5 Å². The highest BCUT2D eigenvalue weighted by molar-refractivity contribution is 5.75. The minimum Gasteiger partial charge on any atom is -0.445 e. The second-order valence-electron chi connectivity index (χ2n) is 4.94. The number of ether oxygens (including phenoxy) is 3. The molecule has 138 valence electrons. The lowest BCUT2D eigenvalue weighted by atomic mass is 10.2. The number of nitrogens with one attached hydrogen (secondary N) is 2. The summed E-state index contributed by atoms with van der Waals surface area (Å²) in [7, 11) is 0. The Morgan fingerprint density at radius 1 is 0.960 bits per heavy atom. The zero-order valence-corrected chi connectivity index (χ0v) is 14.1. The zero-order valence-electron chi connectivity index (χ0n) is 14.1. The summed E-state index contributed by atoms with van der Waals surface area (Å²) in [6.45, 7) is 1.72. The minimum atomic E-state index is -0.513. The van der Waals surface area contributed by atoms with Crippen molar-refractivity contribution in [1.29, 1.82) is 0 Å². The Labute approximate surface area is 146 Å². The summed E-state index contributed by atoms with van der Waals surface area (Å²) < 4.78 is 15.2. The highest BCUT2D eigenvalue weighted by Gasteiger charge is 2.03. The second-order valence-corrected chi connectivity index (χ2v) is 4.94. The van der Waals surface area contributed by atoms with Gasteiger partial charge in [0.25, 0.3) is 0 Å². The smallest absolute Gasteiger partial charge is 0.407 e. The number of carbonyl (C=O) groups is 3. The quantitative estimate of drug-likeness (QED) is 0.399. The van der Waals surface area contributed by atoms with Crippen molar-refractivity contribution in [2.45, 2.75) is 13.0 Å². The number of benzene rings is 1. The third-order valence-electron chi connectivity index (χ3n) is 2.96. The number of amides is 2. The predicted octanol–water partition coefficient (Wildman–Crippen LogP) is 0.651. The standard InChI is InChI=1S/C17H24N2O6/c20-9-13-24-11-7-18-16(21)6-10-23-12-8-19-17(22)25-14-15-4-2-1-3-5-15/h1-5,9H,6-8,10-14H2,(H,18,21)(H,19,22). The molecular weight excluding hydrogens is 328 g/mol. The normalized spacial score (nSPS) is 10.1. The molecule has 0 aliphatic rings. The summed E-state index contributed by atoms with van der Waals surface area (Å²) in [5.41, 5.74) is 0.913. The molecule has 0 saturated carbocycles. The van der Waals surface area contributed by atoms with Crippen LogP contribution < -0.4 is 10.6 Å². The topological polar surface area (TPSA) is 103 Å². The molecule has 0 radical (unpaired) electrons. The third-order valence-corrected chi connectivity index (χ3v) is 2.96. The number of rotatable bonds is 13. The van der Waals surface area contributed by atoms with Crippen LogP contribution in [0.5, 0.6) is 0 Å². The van der Waals surface area contributed by atoms with Gasteiger partial charge in [0.05, 0.1) is 19.8 Å². The summed E-state index contributed by atoms with van der Waals surface area (Å²) in [6, 6.07) is 9.38. The Kier molecular flexibility index (Phi) is 11.5. The van der Waals surface area contributed by atoms with Gasteiger partial charge >= 0.3 is 6.09 Å². The van der Waals surface area contributed by atoms with Crippen LogP contribution in [0.1, 0.15) is 12.0 Å². The van der Waals surface area contributed by atoms with Crippen LogP contribution in [-0.2, 0) is 30.4 Å². The SMILES string of the molecule is O=CCOCCNC(=O)CCOCCNC(=O)OCc1ccccc1. The fourth-order valence-corrected chi connectivity index (χ4v) is 1.75. The number of carbonyl (C=O) groups excluding carboxylic acids is 3. The molecule has 0 bridgehead atoms. The first-order chi connectivity index (χ1) is 12.2. The lowest BCUT2D eigenvalue weighted by Crippen LogP contribution is -2.30. The molecule has 0 unspecified atom stereocenters. The maximum Gasteiger partial charge on any atom is 0.407 e. The second kappa shape index (κ2) is 13.9. The van der Waals surface area contributed by atoms with Crippen molar-refractivity contribution in [2.24, 2.45) is 0 Å². The Hall–Kier alpha value is -2.45. The van der Waals surface area contributed by atoms with E-state index in [-0.39, 0.29) is 38.8 Å². The molecule has 8 heteroatoms. The molecule has 0 saturated heterocycles. The van der Waals surface area contributed by atoms with Gasteiger partial charge in [0, 0.05) is 19.5 Å². The molecule has 0 fully saturated rings. The van der Waals surface area contributed by atoms with E-state index >= 15 is 0 Å². The third kappa shape index (κ3) is 11.7. The van der Waals surface area contributed by atoms with Crippen LogP contribution in [0, 0.1) is 0 Å². The van der Waals surface area contributed by atoms with Crippen LogP contribution in [0.3, 0.4) is 0 Å². The van der Waals surface area contributed by atoms with E-state index in [9.17, 15) is 14.4 Å². The summed E-state index contributed by atoms with van der Waals surface area (Å²) >= 11 is 0. The molecule has 0 spiro atoms. The van der Waals surface area contributed by atoms with Crippen LogP contribution in [-0.4, -0.2) is 57.8 Å². The van der Waals surface area contributed by atoms with Crippen molar-refractivity contribution in [1.82, 2.24) is 10.6 Å². The molecule has 0 aliphatic carbocycles. The average molecular weight is 352 g/mol. The van der Waals surface area contributed by atoms with Crippen LogP contribution in [0.2, 0.25) is 0 Å². The summed E-state index contributed by atoms with van der Waals surface area (Å²) in [6.07, 6.45) is 0.355. The summed E-state index contributed by atoms with van der Waals surface area (Å²) in [5, 5.41) is 5.20. The van der Waals surface area contributed by atoms with Crippen molar-refractivity contribution in [3.8, 4) is 0 Å². The number of hydrogen-bond donors (Lipinski definition) is 2. The molecule has 0 atom stereocenters. The molecule has 0 aromatic heterocycles. The number of hydrogen-bond acceptors (Lipinski definition) is 6. The molecule has 2 amide bonds. The van der Waals surface area contributed by atoms with E-state index in [1.54, 1.807) is 0 Å². The van der Waals surface area contributed by atoms with Gasteiger partial charge in [-0.15, -0.1) is 0 Å². The molecule has 0 heterocycles. The van der Waals surface area contributed by atoms with E-state index in [2.05, 4.69) is 10.6 Å². The predicted molar refractivity (Wildman–Crippen MR) is 90.0 cm³/mol. The minimum absolute atomic E-state index is 0.0275. The maximum absolute atomic E-state index is 11.5. The molecule has 8 nitrogen and oxygen atoms in total. The molecule has 1 rings (SSSR count). The van der Waals surface area contributed by atoms with Crippen LogP contribution in [0.4, 0.5) is 4.79 Å². The van der Waals surface area contributed by atoms with Gasteiger partial charge in [-0.1, -0.05) is 30.3 Å². The van der Waals surface area contributed by atoms with Gasteiger partial charge in [0.15, 0.2) is 0 Å². The van der Waals surface area contributed by atoms with Gasteiger partial charge in [-0.25, -0.2) is 4.79 Å². The highest BCUT2D eigenvalue weighted by Crippen LogP contribution is 2.00. The van der Waals surface area contributed by atoms with Gasteiger partial charge in [0.2, 0.25) is 5.91 Å². The van der Waals surface area contributed by atoms with Gasteiger partial charge < -0.3 is 29.6 Å². The van der Waals surface area contributed by atoms with Crippen molar-refractivity contribution < 1.29 is 28.6 Å². The van der Waals surface area contributed by atoms with E-state index < -0.39 is 6.09 Å². The average Bonchev–Trinajstić information content (AvgIpc) is 2.63. The lowest BCUT2D eigenvalue weighted by molar-refractivity contribution is -0.122. The maximum atomic E-state index is 11.5. The Balaban J connectivity index is 1.91. The van der Waals surface area contributed by atoms with E-state index in [4.69, 9.17) is 14.2 Å². The fourth-order valence-electron chi connectivity index (χ4n) is 1.75.